The maximum atomic E-state index is 10.4. The van der Waals surface area contributed by atoms with Crippen LogP contribution in [0.5, 0.6) is 0 Å². The first-order valence-electron chi connectivity index (χ1n) is 1.17. The quantitative estimate of drug-likeness (QED) is 0.517. The van der Waals surface area contributed by atoms with Gasteiger partial charge in [0.2, 0.25) is 0 Å². The maximum absolute atomic E-state index is 10.4. The van der Waals surface area contributed by atoms with Crippen LogP contribution in [0, 0.1) is 0 Å². The van der Waals surface area contributed by atoms with Crippen molar-refractivity contribution in [3.05, 3.63) is 0 Å². The third-order valence-corrected chi connectivity index (χ3v) is 0.218. The van der Waals surface area contributed by atoms with Crippen molar-refractivity contribution in [3.63, 3.8) is 0 Å². The summed E-state index contributed by atoms with van der Waals surface area (Å²) < 4.78 is 31.3. The van der Waals surface area contributed by atoms with Crippen LogP contribution in [0.2, 0.25) is 0 Å². The highest BCUT2D eigenvalue weighted by atomic mass is 19.3. The van der Waals surface area contributed by atoms with Crippen LogP contribution in [0.25, 0.3) is 0 Å². The highest BCUT2D eigenvalue weighted by Crippen LogP contribution is 1.97. The molecule has 3 nitrogen and oxygen atoms in total. The van der Waals surface area contributed by atoms with Crippen LogP contribution in [0.1, 0.15) is 0 Å². The van der Waals surface area contributed by atoms with Crippen LogP contribution >= 0.6 is 0 Å². The molecule has 0 aliphatic heterocycles. The zero-order chi connectivity index (χ0) is 5.70. The van der Waals surface area contributed by atoms with Gasteiger partial charge in [-0.05, 0) is 13.6 Å². The monoisotopic (exact) mass is 118 g/mol. The van der Waals surface area contributed by atoms with Gasteiger partial charge in [-0.3, -0.25) is 0 Å². The molecule has 0 heterocycles. The summed E-state index contributed by atoms with van der Waals surface area (Å²) in [7, 11) is 0. The van der Waals surface area contributed by atoms with E-state index >= 15 is 0 Å². The molecule has 7 heavy (non-hydrogen) atoms. The lowest BCUT2D eigenvalue weighted by Gasteiger charge is -1.95. The molecule has 0 N–H and O–H groups in total. The Labute approximate surface area is 36.3 Å². The zero-order valence-electron chi connectivity index (χ0n) is 2.94. The molecular formula is CHF3O3. The van der Waals surface area contributed by atoms with Crippen molar-refractivity contribution in [3.8, 4) is 0 Å². The lowest BCUT2D eigenvalue weighted by molar-refractivity contribution is -0.479. The molecule has 0 aromatic carbocycles. The number of hydrogen-bond acceptors (Lipinski definition) is 3. The molecule has 0 amide bonds. The van der Waals surface area contributed by atoms with E-state index in [1.54, 1.807) is 0 Å². The molecule has 6 heteroatoms. The van der Waals surface area contributed by atoms with Crippen molar-refractivity contribution in [2.75, 3.05) is 0 Å². The third kappa shape index (κ3) is 2.38. The molecule has 0 saturated heterocycles. The van der Waals surface area contributed by atoms with Crippen molar-refractivity contribution in [1.82, 2.24) is 0 Å². The Balaban J connectivity index is 2.99. The number of hydrogen-bond donors (Lipinski definition) is 0. The minimum absolute atomic E-state index is 2.35. The largest absolute Gasteiger partial charge is 0.370 e. The van der Waals surface area contributed by atoms with Gasteiger partial charge in [0.1, 0.15) is 0 Å². The summed E-state index contributed by atoms with van der Waals surface area (Å²) in [5, 5.41) is 0. The molecule has 0 aliphatic rings. The Morgan fingerprint density at radius 3 is 1.14 bits per heavy atom. The van der Waals surface area contributed by atoms with Gasteiger partial charge in [0.05, 0.1) is 0 Å². The van der Waals surface area contributed by atoms with E-state index in [9.17, 15) is 13.6 Å². The predicted octanol–water partition coefficient (Wildman–Crippen LogP) is 0.973. The smallest absolute Gasteiger partial charge is 0.126 e. The second kappa shape index (κ2) is 3.85. The molecule has 0 fully saturated rings. The van der Waals surface area contributed by atoms with Crippen LogP contribution in [0.4, 0.5) is 13.6 Å². The molecule has 0 unspecified atom stereocenters. The molecule has 0 aromatic heterocycles. The van der Waals surface area contributed by atoms with Gasteiger partial charge in [0.25, 0.3) is 0 Å². The number of rotatable bonds is 3. The second-order valence-corrected chi connectivity index (χ2v) is 0.556. The average Bonchev–Trinajstić information content (AvgIpc) is 1.72. The Hall–Kier alpha value is -0.330. The second-order valence-electron chi connectivity index (χ2n) is 0.556. The van der Waals surface area contributed by atoms with E-state index in [-0.39, 0.29) is 0 Å². The van der Waals surface area contributed by atoms with Gasteiger partial charge in [-0.2, -0.15) is 0 Å². The van der Waals surface area contributed by atoms with Crippen molar-refractivity contribution in [2.24, 2.45) is 0 Å². The van der Waals surface area contributed by atoms with E-state index in [0.717, 1.165) is 0 Å². The summed E-state index contributed by atoms with van der Waals surface area (Å²) in [6.45, 7) is -2.51. The Morgan fingerprint density at radius 1 is 0.857 bits per heavy atom. The first-order chi connectivity index (χ1) is 3.35. The van der Waals surface area contributed by atoms with Gasteiger partial charge in [-0.15, -0.1) is 14.8 Å². The van der Waals surface area contributed by atoms with Gasteiger partial charge in [0, 0.05) is 0 Å². The van der Waals surface area contributed by atoms with Crippen LogP contribution < -0.4 is 0 Å². The highest BCUT2D eigenvalue weighted by molar-refractivity contribution is 3.94. The van der Waals surface area contributed by atoms with Gasteiger partial charge < -0.3 is 0 Å². The topological polar surface area (TPSA) is 27.7 Å². The third-order valence-electron chi connectivity index (χ3n) is 0.218. The molecule has 0 saturated carbocycles. The summed E-state index contributed by atoms with van der Waals surface area (Å²) in [6, 6.07) is 0. The fourth-order valence-electron chi connectivity index (χ4n) is 0.0412. The Morgan fingerprint density at radius 2 is 1.14 bits per heavy atom. The summed E-state index contributed by atoms with van der Waals surface area (Å²) in [5.41, 5.74) is 0. The van der Waals surface area contributed by atoms with Crippen molar-refractivity contribution < 1.29 is 28.4 Å². The van der Waals surface area contributed by atoms with E-state index < -0.39 is 6.48 Å². The highest BCUT2D eigenvalue weighted by Gasteiger charge is 2.09. The van der Waals surface area contributed by atoms with Crippen LogP contribution in [-0.2, 0) is 14.8 Å². The summed E-state index contributed by atoms with van der Waals surface area (Å²) in [6.07, 6.45) is 0. The number of halogens is 3. The predicted molar refractivity (Wildman–Crippen MR) is 10.4 cm³/mol. The fourth-order valence-corrected chi connectivity index (χ4v) is 0.0412. The van der Waals surface area contributed by atoms with Gasteiger partial charge in [0.15, 0.2) is 0 Å². The average molecular weight is 118 g/mol. The normalized spacial score (nSPS) is 10.3. The van der Waals surface area contributed by atoms with E-state index in [2.05, 4.69) is 14.8 Å². The Bertz CT molecular complexity index is 31.7. The van der Waals surface area contributed by atoms with Crippen molar-refractivity contribution >= 4 is 0 Å². The fraction of sp³-hybridized carbons (Fsp3) is 1.00. The van der Waals surface area contributed by atoms with Crippen molar-refractivity contribution in [2.45, 2.75) is 6.48 Å². The lowest BCUT2D eigenvalue weighted by atomic mass is 11.3. The van der Waals surface area contributed by atoms with Crippen LogP contribution in [0.3, 0.4) is 0 Å². The molecule has 0 radical (unpaired) electrons. The standard InChI is InChI=1S/CHF3O3/c2-5-1(6-3)7-4/h1H. The molecule has 0 rings (SSSR count). The summed E-state index contributed by atoms with van der Waals surface area (Å²) in [4.78, 5) is 7.06. The van der Waals surface area contributed by atoms with Gasteiger partial charge in [-0.25, -0.2) is 0 Å². The van der Waals surface area contributed by atoms with Crippen LogP contribution in [-0.4, -0.2) is 6.48 Å². The molecular weight excluding hydrogens is 117 g/mol. The SMILES string of the molecule is FOC(OF)OF. The first-order valence-corrected chi connectivity index (χ1v) is 1.17. The molecule has 0 spiro atoms. The van der Waals surface area contributed by atoms with Gasteiger partial charge >= 0.3 is 6.48 Å². The molecule has 0 bridgehead atoms. The van der Waals surface area contributed by atoms with E-state index in [1.165, 1.54) is 0 Å². The van der Waals surface area contributed by atoms with Crippen LogP contribution in [0.15, 0.2) is 0 Å². The Kier molecular flexibility index (Phi) is 3.67. The van der Waals surface area contributed by atoms with Gasteiger partial charge in [-0.1, -0.05) is 0 Å². The lowest BCUT2D eigenvalue weighted by Crippen LogP contribution is -2.07. The van der Waals surface area contributed by atoms with Crippen molar-refractivity contribution in [1.29, 1.82) is 0 Å². The molecule has 0 aromatic rings. The maximum Gasteiger partial charge on any atom is 0.370 e. The molecule has 44 valence electrons. The zero-order valence-corrected chi connectivity index (χ0v) is 2.94. The van der Waals surface area contributed by atoms with E-state index in [4.69, 9.17) is 0 Å². The summed E-state index contributed by atoms with van der Waals surface area (Å²) >= 11 is 0. The first kappa shape index (κ1) is 6.67. The summed E-state index contributed by atoms with van der Waals surface area (Å²) in [5.74, 6) is 0. The molecule has 0 aliphatic carbocycles. The minimum atomic E-state index is -2.51. The van der Waals surface area contributed by atoms with E-state index in [0.29, 0.717) is 0 Å². The minimum Gasteiger partial charge on any atom is -0.126 e. The van der Waals surface area contributed by atoms with E-state index in [1.807, 2.05) is 0 Å². The molecule has 0 atom stereocenters.